The molecule has 0 spiro atoms. The maximum absolute atomic E-state index is 4.81. The van der Waals surface area contributed by atoms with Crippen molar-refractivity contribution in [3.63, 3.8) is 0 Å². The van der Waals surface area contributed by atoms with Crippen LogP contribution in [0.2, 0.25) is 0 Å². The number of fused-ring (bicyclic) bond motifs is 2. The number of anilines is 1. The molecule has 0 saturated carbocycles. The molecule has 3 heterocycles. The van der Waals surface area contributed by atoms with Gasteiger partial charge in [-0.15, -0.1) is 11.3 Å². The normalized spacial score (nSPS) is 16.3. The molecule has 1 atom stereocenters. The predicted octanol–water partition coefficient (Wildman–Crippen LogP) is 5.63. The molecule has 27 heavy (non-hydrogen) atoms. The second-order valence-electron chi connectivity index (χ2n) is 6.61. The molecular weight excluding hydrogens is 352 g/mol. The lowest BCUT2D eigenvalue weighted by Crippen LogP contribution is -2.09. The third-order valence-electron chi connectivity index (χ3n) is 4.91. The average Bonchev–Trinajstić information content (AvgIpc) is 3.21. The summed E-state index contributed by atoms with van der Waals surface area (Å²) >= 11 is 1.77. The number of nitrogens with one attached hydrogen (secondary N) is 1. The SMILES string of the molecule is CNc1nc(C2C=NC=CC2)nc2ccc(-c3ccc4sccc4c3)cc12. The van der Waals surface area contributed by atoms with E-state index in [1.807, 2.05) is 19.5 Å². The fraction of sp³-hybridized carbons (Fsp3) is 0.136. The van der Waals surface area contributed by atoms with Crippen LogP contribution >= 0.6 is 11.3 Å². The molecule has 132 valence electrons. The summed E-state index contributed by atoms with van der Waals surface area (Å²) < 4.78 is 1.31. The summed E-state index contributed by atoms with van der Waals surface area (Å²) in [6, 6.07) is 15.2. The van der Waals surface area contributed by atoms with E-state index in [1.165, 1.54) is 21.2 Å². The van der Waals surface area contributed by atoms with Crippen molar-refractivity contribution in [3.05, 3.63) is 65.9 Å². The van der Waals surface area contributed by atoms with Crippen LogP contribution < -0.4 is 5.32 Å². The van der Waals surface area contributed by atoms with Gasteiger partial charge >= 0.3 is 0 Å². The largest absolute Gasteiger partial charge is 0.373 e. The number of allylic oxidation sites excluding steroid dienone is 1. The maximum Gasteiger partial charge on any atom is 0.140 e. The number of benzene rings is 2. The molecule has 1 unspecified atom stereocenters. The summed E-state index contributed by atoms with van der Waals surface area (Å²) in [5, 5.41) is 7.69. The Bertz CT molecular complexity index is 1210. The zero-order valence-corrected chi connectivity index (χ0v) is 15.7. The molecule has 0 amide bonds. The number of hydrogen-bond donors (Lipinski definition) is 1. The highest BCUT2D eigenvalue weighted by molar-refractivity contribution is 7.17. The van der Waals surface area contributed by atoms with Crippen LogP contribution in [0.15, 0.2) is 65.1 Å². The minimum absolute atomic E-state index is 0.132. The van der Waals surface area contributed by atoms with Gasteiger partial charge in [0.2, 0.25) is 0 Å². The van der Waals surface area contributed by atoms with Gasteiger partial charge in [0.05, 0.1) is 11.4 Å². The van der Waals surface area contributed by atoms with Crippen molar-refractivity contribution in [2.45, 2.75) is 12.3 Å². The fourth-order valence-corrected chi connectivity index (χ4v) is 4.25. The molecule has 0 fully saturated rings. The molecule has 5 heteroatoms. The predicted molar refractivity (Wildman–Crippen MR) is 115 cm³/mol. The van der Waals surface area contributed by atoms with Crippen molar-refractivity contribution in [2.24, 2.45) is 4.99 Å². The van der Waals surface area contributed by atoms with Gasteiger partial charge in [0.25, 0.3) is 0 Å². The molecular formula is C22H18N4S. The summed E-state index contributed by atoms with van der Waals surface area (Å²) in [6.45, 7) is 0. The Morgan fingerprint density at radius 3 is 2.78 bits per heavy atom. The molecule has 2 aromatic carbocycles. The first kappa shape index (κ1) is 16.1. The molecule has 1 aliphatic heterocycles. The molecule has 4 aromatic rings. The number of aromatic nitrogens is 2. The lowest BCUT2D eigenvalue weighted by Gasteiger charge is -2.14. The van der Waals surface area contributed by atoms with Crippen LogP contribution in [-0.4, -0.2) is 23.2 Å². The van der Waals surface area contributed by atoms with Crippen molar-refractivity contribution in [3.8, 4) is 11.1 Å². The number of rotatable bonds is 3. The van der Waals surface area contributed by atoms with E-state index in [9.17, 15) is 0 Å². The summed E-state index contributed by atoms with van der Waals surface area (Å²) in [6.07, 6.45) is 6.69. The molecule has 0 aliphatic carbocycles. The second-order valence-corrected chi connectivity index (χ2v) is 7.56. The maximum atomic E-state index is 4.81. The van der Waals surface area contributed by atoms with Crippen LogP contribution in [0.25, 0.3) is 32.1 Å². The zero-order chi connectivity index (χ0) is 18.2. The summed E-state index contributed by atoms with van der Waals surface area (Å²) in [4.78, 5) is 13.8. The van der Waals surface area contributed by atoms with E-state index in [2.05, 4.69) is 64.2 Å². The Hall–Kier alpha value is -3.05. The Kier molecular flexibility index (Phi) is 3.94. The van der Waals surface area contributed by atoms with Gasteiger partial charge in [-0.2, -0.15) is 0 Å². The van der Waals surface area contributed by atoms with Crippen molar-refractivity contribution in [2.75, 3.05) is 12.4 Å². The smallest absolute Gasteiger partial charge is 0.140 e. The van der Waals surface area contributed by atoms with Crippen LogP contribution in [-0.2, 0) is 0 Å². The van der Waals surface area contributed by atoms with Gasteiger partial charge < -0.3 is 5.32 Å². The van der Waals surface area contributed by atoms with Crippen LogP contribution in [0.5, 0.6) is 0 Å². The highest BCUT2D eigenvalue weighted by Crippen LogP contribution is 2.32. The first-order valence-electron chi connectivity index (χ1n) is 8.97. The third kappa shape index (κ3) is 2.90. The van der Waals surface area contributed by atoms with Crippen molar-refractivity contribution in [1.29, 1.82) is 0 Å². The molecule has 2 aromatic heterocycles. The average molecular weight is 370 g/mol. The van der Waals surface area contributed by atoms with Gasteiger partial charge in [-0.25, -0.2) is 9.97 Å². The van der Waals surface area contributed by atoms with Crippen LogP contribution in [0.1, 0.15) is 18.2 Å². The summed E-state index contributed by atoms with van der Waals surface area (Å²) in [5.74, 6) is 1.80. The lowest BCUT2D eigenvalue weighted by atomic mass is 10.0. The van der Waals surface area contributed by atoms with E-state index in [4.69, 9.17) is 9.97 Å². The van der Waals surface area contributed by atoms with Gasteiger partial charge in [0.15, 0.2) is 0 Å². The molecule has 0 saturated heterocycles. The van der Waals surface area contributed by atoms with Gasteiger partial charge in [0, 0.05) is 29.5 Å². The topological polar surface area (TPSA) is 50.2 Å². The van der Waals surface area contributed by atoms with Crippen LogP contribution in [0, 0.1) is 0 Å². The van der Waals surface area contributed by atoms with Crippen LogP contribution in [0.3, 0.4) is 0 Å². The van der Waals surface area contributed by atoms with Gasteiger partial charge in [-0.05, 0) is 58.6 Å². The molecule has 0 radical (unpaired) electrons. The Morgan fingerprint density at radius 2 is 1.93 bits per heavy atom. The summed E-state index contributed by atoms with van der Waals surface area (Å²) in [7, 11) is 1.91. The lowest BCUT2D eigenvalue weighted by molar-refractivity contribution is 0.827. The van der Waals surface area contributed by atoms with E-state index >= 15 is 0 Å². The quantitative estimate of drug-likeness (QED) is 0.509. The Morgan fingerprint density at radius 1 is 1.04 bits per heavy atom. The van der Waals surface area contributed by atoms with E-state index < -0.39 is 0 Å². The van der Waals surface area contributed by atoms with Gasteiger partial charge in [-0.1, -0.05) is 18.2 Å². The zero-order valence-electron chi connectivity index (χ0n) is 14.9. The molecule has 1 aliphatic rings. The number of thiophene rings is 1. The first-order valence-corrected chi connectivity index (χ1v) is 9.85. The fourth-order valence-electron chi connectivity index (χ4n) is 3.48. The first-order chi connectivity index (χ1) is 13.3. The van der Waals surface area contributed by atoms with Gasteiger partial charge in [-0.3, -0.25) is 4.99 Å². The van der Waals surface area contributed by atoms with Crippen molar-refractivity contribution < 1.29 is 0 Å². The summed E-state index contributed by atoms with van der Waals surface area (Å²) in [5.41, 5.74) is 3.33. The Balaban J connectivity index is 1.62. The monoisotopic (exact) mass is 370 g/mol. The third-order valence-corrected chi connectivity index (χ3v) is 5.81. The molecule has 5 rings (SSSR count). The highest BCUT2D eigenvalue weighted by Gasteiger charge is 2.16. The standard InChI is InChI=1S/C22H18N4S/c1-23-22-18-12-15(14-5-7-20-16(11-14)8-10-27-20)4-6-19(18)25-21(26-22)17-3-2-9-24-13-17/h2,4-13,17H,3H2,1H3,(H,23,25,26). The van der Waals surface area contributed by atoms with E-state index in [0.717, 1.165) is 29.0 Å². The minimum Gasteiger partial charge on any atom is -0.373 e. The Labute approximate surface area is 161 Å². The van der Waals surface area contributed by atoms with Crippen LogP contribution in [0.4, 0.5) is 5.82 Å². The second kappa shape index (κ2) is 6.59. The highest BCUT2D eigenvalue weighted by atomic mass is 32.1. The van der Waals surface area contributed by atoms with Crippen molar-refractivity contribution >= 4 is 44.4 Å². The minimum atomic E-state index is 0.132. The number of aliphatic imine (C=N–C) groups is 1. The van der Waals surface area contributed by atoms with Crippen molar-refractivity contribution in [1.82, 2.24) is 9.97 Å². The van der Waals surface area contributed by atoms with E-state index in [-0.39, 0.29) is 5.92 Å². The molecule has 1 N–H and O–H groups in total. The molecule has 4 nitrogen and oxygen atoms in total. The van der Waals surface area contributed by atoms with E-state index in [1.54, 1.807) is 11.3 Å². The number of hydrogen-bond acceptors (Lipinski definition) is 5. The van der Waals surface area contributed by atoms with Gasteiger partial charge in [0.1, 0.15) is 11.6 Å². The molecule has 0 bridgehead atoms. The van der Waals surface area contributed by atoms with E-state index in [0.29, 0.717) is 0 Å². The number of nitrogens with zero attached hydrogens (tertiary/aromatic N) is 3.